The van der Waals surface area contributed by atoms with Crippen molar-refractivity contribution in [3.05, 3.63) is 70.2 Å². The van der Waals surface area contributed by atoms with Crippen LogP contribution in [0.5, 0.6) is 0 Å². The lowest BCUT2D eigenvalue weighted by Gasteiger charge is -2.11. The number of carbonyl (C=O) groups is 1. The van der Waals surface area contributed by atoms with E-state index in [9.17, 15) is 9.18 Å². The molecule has 0 aliphatic rings. The molecule has 0 aliphatic heterocycles. The minimum Gasteiger partial charge on any atom is -0.345 e. The third kappa shape index (κ3) is 4.13. The third-order valence-electron chi connectivity index (χ3n) is 3.58. The lowest BCUT2D eigenvalue weighted by Crippen LogP contribution is -2.25. The molecule has 0 saturated heterocycles. The largest absolute Gasteiger partial charge is 0.345 e. The summed E-state index contributed by atoms with van der Waals surface area (Å²) in [4.78, 5) is 12.2. The number of nitrogens with zero attached hydrogens (tertiary/aromatic N) is 3. The predicted octanol–water partition coefficient (Wildman–Crippen LogP) is 4.21. The zero-order valence-corrected chi connectivity index (χ0v) is 16.3. The molecule has 2 aromatic carbocycles. The van der Waals surface area contributed by atoms with Gasteiger partial charge in [0.15, 0.2) is 11.0 Å². The SMILES string of the molecule is CCSc1nnc(CNC(=O)c2ccccc2F)n1-c1ccc(Br)cc1. The summed E-state index contributed by atoms with van der Waals surface area (Å²) in [5.74, 6) is 0.378. The van der Waals surface area contributed by atoms with Gasteiger partial charge in [0.2, 0.25) is 0 Å². The van der Waals surface area contributed by atoms with Crippen molar-refractivity contribution in [3.63, 3.8) is 0 Å². The van der Waals surface area contributed by atoms with Gasteiger partial charge >= 0.3 is 0 Å². The first-order valence-corrected chi connectivity index (χ1v) is 9.73. The standard InChI is InChI=1S/C18H16BrFN4OS/c1-2-26-18-23-22-16(24(18)13-9-7-12(19)8-10-13)11-21-17(25)14-5-3-4-6-15(14)20/h3-10H,2,11H2,1H3,(H,21,25). The molecular weight excluding hydrogens is 419 g/mol. The van der Waals surface area contributed by atoms with Gasteiger partial charge in [0, 0.05) is 10.2 Å². The van der Waals surface area contributed by atoms with E-state index in [1.165, 1.54) is 12.1 Å². The molecule has 0 bridgehead atoms. The van der Waals surface area contributed by atoms with Crippen molar-refractivity contribution in [1.29, 1.82) is 0 Å². The Morgan fingerprint density at radius 2 is 1.92 bits per heavy atom. The van der Waals surface area contributed by atoms with E-state index in [-0.39, 0.29) is 12.1 Å². The van der Waals surface area contributed by atoms with Gasteiger partial charge in [-0.15, -0.1) is 10.2 Å². The maximum atomic E-state index is 13.8. The minimum absolute atomic E-state index is 0.00497. The average Bonchev–Trinajstić information content (AvgIpc) is 3.04. The maximum absolute atomic E-state index is 13.8. The van der Waals surface area contributed by atoms with Crippen molar-refractivity contribution < 1.29 is 9.18 Å². The number of nitrogens with one attached hydrogen (secondary N) is 1. The lowest BCUT2D eigenvalue weighted by molar-refractivity contribution is 0.0945. The molecule has 1 heterocycles. The molecule has 0 aliphatic carbocycles. The van der Waals surface area contributed by atoms with E-state index in [2.05, 4.69) is 31.4 Å². The Kier molecular flexibility index (Phi) is 6.05. The molecule has 1 N–H and O–H groups in total. The molecule has 3 rings (SSSR count). The molecule has 134 valence electrons. The molecule has 0 saturated carbocycles. The van der Waals surface area contributed by atoms with Crippen LogP contribution in [0.2, 0.25) is 0 Å². The Morgan fingerprint density at radius 3 is 2.62 bits per heavy atom. The van der Waals surface area contributed by atoms with Crippen LogP contribution < -0.4 is 5.32 Å². The number of aromatic nitrogens is 3. The normalized spacial score (nSPS) is 10.7. The summed E-state index contributed by atoms with van der Waals surface area (Å²) in [6.45, 7) is 2.17. The van der Waals surface area contributed by atoms with E-state index < -0.39 is 11.7 Å². The topological polar surface area (TPSA) is 59.8 Å². The summed E-state index contributed by atoms with van der Waals surface area (Å²) < 4.78 is 16.6. The van der Waals surface area contributed by atoms with Gasteiger partial charge in [0.05, 0.1) is 12.1 Å². The molecule has 0 radical (unpaired) electrons. The fraction of sp³-hybridized carbons (Fsp3) is 0.167. The highest BCUT2D eigenvalue weighted by molar-refractivity contribution is 9.10. The molecule has 1 aromatic heterocycles. The van der Waals surface area contributed by atoms with E-state index in [1.807, 2.05) is 35.8 Å². The van der Waals surface area contributed by atoms with Crippen molar-refractivity contribution in [2.24, 2.45) is 0 Å². The van der Waals surface area contributed by atoms with E-state index >= 15 is 0 Å². The fourth-order valence-electron chi connectivity index (χ4n) is 2.39. The summed E-state index contributed by atoms with van der Waals surface area (Å²) >= 11 is 4.98. The van der Waals surface area contributed by atoms with Gasteiger partial charge in [-0.25, -0.2) is 4.39 Å². The van der Waals surface area contributed by atoms with Crippen LogP contribution in [-0.2, 0) is 6.54 Å². The Morgan fingerprint density at radius 1 is 1.19 bits per heavy atom. The molecule has 0 atom stereocenters. The molecule has 0 fully saturated rings. The summed E-state index contributed by atoms with van der Waals surface area (Å²) in [7, 11) is 0. The molecule has 0 unspecified atom stereocenters. The molecule has 3 aromatic rings. The first-order chi connectivity index (χ1) is 12.6. The zero-order chi connectivity index (χ0) is 18.5. The molecule has 5 nitrogen and oxygen atoms in total. The van der Waals surface area contributed by atoms with E-state index in [1.54, 1.807) is 23.9 Å². The summed E-state index contributed by atoms with van der Waals surface area (Å²) in [6, 6.07) is 13.6. The van der Waals surface area contributed by atoms with Crippen molar-refractivity contribution in [2.75, 3.05) is 5.75 Å². The maximum Gasteiger partial charge on any atom is 0.254 e. The second-order valence-electron chi connectivity index (χ2n) is 5.31. The highest BCUT2D eigenvalue weighted by Gasteiger charge is 2.16. The smallest absolute Gasteiger partial charge is 0.254 e. The second-order valence-corrected chi connectivity index (χ2v) is 7.45. The van der Waals surface area contributed by atoms with E-state index in [4.69, 9.17) is 0 Å². The van der Waals surface area contributed by atoms with Gasteiger partial charge < -0.3 is 5.32 Å². The van der Waals surface area contributed by atoms with Crippen LogP contribution in [0.1, 0.15) is 23.1 Å². The van der Waals surface area contributed by atoms with Gasteiger partial charge in [-0.1, -0.05) is 46.7 Å². The number of rotatable bonds is 6. The zero-order valence-electron chi connectivity index (χ0n) is 13.9. The first kappa shape index (κ1) is 18.6. The van der Waals surface area contributed by atoms with E-state index in [0.29, 0.717) is 5.82 Å². The minimum atomic E-state index is -0.554. The monoisotopic (exact) mass is 434 g/mol. The molecule has 26 heavy (non-hydrogen) atoms. The fourth-order valence-corrected chi connectivity index (χ4v) is 3.35. The number of thioether (sulfide) groups is 1. The molecule has 0 spiro atoms. The molecular formula is C18H16BrFN4OS. The Bertz CT molecular complexity index is 914. The highest BCUT2D eigenvalue weighted by Crippen LogP contribution is 2.23. The Labute approximate surface area is 163 Å². The van der Waals surface area contributed by atoms with Crippen LogP contribution >= 0.6 is 27.7 Å². The van der Waals surface area contributed by atoms with Crippen LogP contribution in [0, 0.1) is 5.82 Å². The Hall–Kier alpha value is -2.19. The predicted molar refractivity (Wildman–Crippen MR) is 103 cm³/mol. The number of hydrogen-bond donors (Lipinski definition) is 1. The number of amides is 1. The number of hydrogen-bond acceptors (Lipinski definition) is 4. The number of benzene rings is 2. The third-order valence-corrected chi connectivity index (χ3v) is 4.92. The summed E-state index contributed by atoms with van der Waals surface area (Å²) in [6.07, 6.45) is 0. The van der Waals surface area contributed by atoms with Crippen LogP contribution in [0.15, 0.2) is 58.2 Å². The lowest BCUT2D eigenvalue weighted by atomic mass is 10.2. The summed E-state index contributed by atoms with van der Waals surface area (Å²) in [5, 5.41) is 11.9. The molecule has 1 amide bonds. The second kappa shape index (κ2) is 8.46. The van der Waals surface area contributed by atoms with Crippen LogP contribution in [0.3, 0.4) is 0 Å². The van der Waals surface area contributed by atoms with Gasteiger partial charge in [-0.2, -0.15) is 0 Å². The van der Waals surface area contributed by atoms with Crippen molar-refractivity contribution in [3.8, 4) is 5.69 Å². The Balaban J connectivity index is 1.85. The van der Waals surface area contributed by atoms with Crippen LogP contribution in [0.4, 0.5) is 4.39 Å². The first-order valence-electron chi connectivity index (χ1n) is 7.96. The average molecular weight is 435 g/mol. The van der Waals surface area contributed by atoms with Crippen molar-refractivity contribution in [2.45, 2.75) is 18.6 Å². The number of carbonyl (C=O) groups excluding carboxylic acids is 1. The number of halogens is 2. The molecule has 8 heteroatoms. The van der Waals surface area contributed by atoms with Crippen molar-refractivity contribution in [1.82, 2.24) is 20.1 Å². The highest BCUT2D eigenvalue weighted by atomic mass is 79.9. The van der Waals surface area contributed by atoms with E-state index in [0.717, 1.165) is 21.1 Å². The van der Waals surface area contributed by atoms with Gasteiger partial charge in [-0.3, -0.25) is 9.36 Å². The summed E-state index contributed by atoms with van der Waals surface area (Å²) in [5.41, 5.74) is 0.898. The van der Waals surface area contributed by atoms with Gasteiger partial charge in [-0.05, 0) is 42.2 Å². The van der Waals surface area contributed by atoms with Gasteiger partial charge in [0.25, 0.3) is 5.91 Å². The van der Waals surface area contributed by atoms with Crippen LogP contribution in [0.25, 0.3) is 5.69 Å². The van der Waals surface area contributed by atoms with Crippen LogP contribution in [-0.4, -0.2) is 26.4 Å². The quantitative estimate of drug-likeness (QED) is 0.590. The van der Waals surface area contributed by atoms with Gasteiger partial charge in [0.1, 0.15) is 5.82 Å². The van der Waals surface area contributed by atoms with Crippen molar-refractivity contribution >= 4 is 33.6 Å².